The predicted molar refractivity (Wildman–Crippen MR) is 99.6 cm³/mol. The number of benzene rings is 1. The van der Waals surface area contributed by atoms with Gasteiger partial charge in [0.1, 0.15) is 5.84 Å². The highest BCUT2D eigenvalue weighted by molar-refractivity contribution is 7.17. The van der Waals surface area contributed by atoms with Crippen LogP contribution in [-0.2, 0) is 6.42 Å². The fourth-order valence-electron chi connectivity index (χ4n) is 2.36. The summed E-state index contributed by atoms with van der Waals surface area (Å²) in [7, 11) is 0. The van der Waals surface area contributed by atoms with Crippen molar-refractivity contribution in [2.45, 2.75) is 6.42 Å². The Kier molecular flexibility index (Phi) is 5.18. The third-order valence-corrected chi connectivity index (χ3v) is 4.94. The molecule has 128 valence electrons. The van der Waals surface area contributed by atoms with E-state index in [0.29, 0.717) is 27.9 Å². The molecule has 0 unspecified atom stereocenters. The molecule has 0 aliphatic carbocycles. The molecule has 2 aromatic heterocycles. The first-order chi connectivity index (χ1) is 12.1. The highest BCUT2D eigenvalue weighted by atomic mass is 35.5. The average Bonchev–Trinajstić information content (AvgIpc) is 3.25. The summed E-state index contributed by atoms with van der Waals surface area (Å²) in [5.74, 6) is 5.60. The monoisotopic (exact) mass is 374 g/mol. The second kappa shape index (κ2) is 7.52. The number of rotatable bonds is 6. The first-order valence-corrected chi connectivity index (χ1v) is 8.52. The van der Waals surface area contributed by atoms with E-state index in [9.17, 15) is 4.79 Å². The van der Waals surface area contributed by atoms with Crippen LogP contribution in [0.25, 0.3) is 10.4 Å². The molecule has 0 amide bonds. The van der Waals surface area contributed by atoms with E-state index in [1.807, 2.05) is 12.1 Å². The normalized spacial score (nSPS) is 11.5. The summed E-state index contributed by atoms with van der Waals surface area (Å²) in [6.45, 7) is 0. The minimum Gasteiger partial charge on any atom is -0.461 e. The van der Waals surface area contributed by atoms with Crippen LogP contribution in [0, 0.1) is 0 Å². The summed E-state index contributed by atoms with van der Waals surface area (Å²) in [6.07, 6.45) is 1.82. The number of nitrogens with zero attached hydrogens (tertiary/aromatic N) is 1. The summed E-state index contributed by atoms with van der Waals surface area (Å²) in [5, 5.41) is 4.42. The first-order valence-electron chi connectivity index (χ1n) is 7.33. The summed E-state index contributed by atoms with van der Waals surface area (Å²) in [6, 6.07) is 12.5. The predicted octanol–water partition coefficient (Wildman–Crippen LogP) is 3.17. The molecule has 0 fully saturated rings. The Hall–Kier alpha value is -2.61. The number of nitrogens with two attached hydrogens (primary N) is 2. The zero-order valence-corrected chi connectivity index (χ0v) is 14.6. The van der Waals surface area contributed by atoms with Crippen LogP contribution in [0.5, 0.6) is 0 Å². The van der Waals surface area contributed by atoms with E-state index in [0.717, 1.165) is 16.0 Å². The molecule has 3 aromatic rings. The Morgan fingerprint density at radius 1 is 1.28 bits per heavy atom. The van der Waals surface area contributed by atoms with Gasteiger partial charge in [-0.2, -0.15) is 5.10 Å². The zero-order valence-electron chi connectivity index (χ0n) is 13.0. The molecule has 6 nitrogen and oxygen atoms in total. The average molecular weight is 375 g/mol. The van der Waals surface area contributed by atoms with Crippen molar-refractivity contribution in [2.24, 2.45) is 16.7 Å². The van der Waals surface area contributed by atoms with Gasteiger partial charge in [0.2, 0.25) is 5.78 Å². The second-order valence-corrected chi connectivity index (χ2v) is 6.68. The van der Waals surface area contributed by atoms with Gasteiger partial charge in [-0.3, -0.25) is 4.79 Å². The molecular weight excluding hydrogens is 360 g/mol. The Morgan fingerprint density at radius 3 is 2.68 bits per heavy atom. The van der Waals surface area contributed by atoms with Crippen molar-refractivity contribution in [1.29, 1.82) is 0 Å². The number of hydrazone groups is 1. The second-order valence-electron chi connectivity index (χ2n) is 5.19. The Labute approximate surface area is 153 Å². The lowest BCUT2D eigenvalue weighted by Crippen LogP contribution is -2.23. The number of hydrazine groups is 1. The van der Waals surface area contributed by atoms with Crippen LogP contribution in [0.2, 0.25) is 5.02 Å². The smallest absolute Gasteiger partial charge is 0.238 e. The lowest BCUT2D eigenvalue weighted by molar-refractivity contribution is 0.101. The van der Waals surface area contributed by atoms with Gasteiger partial charge >= 0.3 is 0 Å². The number of hydrogen-bond donors (Lipinski definition) is 3. The van der Waals surface area contributed by atoms with Crippen LogP contribution >= 0.6 is 22.9 Å². The van der Waals surface area contributed by atoms with E-state index >= 15 is 0 Å². The molecule has 1 aromatic carbocycles. The molecule has 8 heteroatoms. The van der Waals surface area contributed by atoms with E-state index in [4.69, 9.17) is 27.6 Å². The minimum absolute atomic E-state index is 0.177. The van der Waals surface area contributed by atoms with Gasteiger partial charge < -0.3 is 10.2 Å². The maximum absolute atomic E-state index is 12.6. The van der Waals surface area contributed by atoms with Crippen LogP contribution in [0.1, 0.15) is 21.0 Å². The van der Waals surface area contributed by atoms with Crippen molar-refractivity contribution in [1.82, 2.24) is 5.53 Å². The fraction of sp³-hybridized carbons (Fsp3) is 0.0588. The lowest BCUT2D eigenvalue weighted by atomic mass is 10.1. The van der Waals surface area contributed by atoms with Crippen molar-refractivity contribution in [3.8, 4) is 10.4 Å². The molecule has 25 heavy (non-hydrogen) atoms. The highest BCUT2D eigenvalue weighted by Gasteiger charge is 2.19. The van der Waals surface area contributed by atoms with Crippen molar-refractivity contribution in [3.63, 3.8) is 0 Å². The van der Waals surface area contributed by atoms with Crippen LogP contribution in [-0.4, -0.2) is 11.6 Å². The van der Waals surface area contributed by atoms with Gasteiger partial charge in [-0.25, -0.2) is 11.4 Å². The molecule has 5 N–H and O–H groups in total. The maximum atomic E-state index is 12.6. The number of furan rings is 1. The largest absolute Gasteiger partial charge is 0.461 e. The van der Waals surface area contributed by atoms with Gasteiger partial charge in [0.25, 0.3) is 0 Å². The van der Waals surface area contributed by atoms with Crippen molar-refractivity contribution >= 4 is 34.6 Å². The van der Waals surface area contributed by atoms with Crippen LogP contribution in [0.4, 0.5) is 0 Å². The molecule has 3 rings (SSSR count). The van der Waals surface area contributed by atoms with Gasteiger partial charge in [-0.05, 0) is 41.5 Å². The van der Waals surface area contributed by atoms with Crippen molar-refractivity contribution in [2.75, 3.05) is 0 Å². The van der Waals surface area contributed by atoms with Crippen molar-refractivity contribution in [3.05, 3.63) is 70.0 Å². The summed E-state index contributed by atoms with van der Waals surface area (Å²) in [4.78, 5) is 14.0. The molecule has 2 heterocycles. The zero-order chi connectivity index (χ0) is 17.8. The Bertz CT molecular complexity index is 901. The molecule has 0 atom stereocenters. The van der Waals surface area contributed by atoms with Gasteiger partial charge in [0.05, 0.1) is 11.1 Å². The Balaban J connectivity index is 2.03. The molecule has 0 aliphatic rings. The molecular formula is C17H15ClN4O2S. The molecule has 0 saturated carbocycles. The molecule has 0 bridgehead atoms. The van der Waals surface area contributed by atoms with Gasteiger partial charge in [0, 0.05) is 16.3 Å². The molecule has 0 aliphatic heterocycles. The van der Waals surface area contributed by atoms with Gasteiger partial charge in [0.15, 0.2) is 5.76 Å². The summed E-state index contributed by atoms with van der Waals surface area (Å²) in [5.41, 5.74) is 9.84. The van der Waals surface area contributed by atoms with Gasteiger partial charge in [-0.15, -0.1) is 11.3 Å². The van der Waals surface area contributed by atoms with Crippen LogP contribution in [0.15, 0.2) is 58.2 Å². The van der Waals surface area contributed by atoms with E-state index in [1.54, 1.807) is 30.3 Å². The molecule has 0 saturated heterocycles. The highest BCUT2D eigenvalue weighted by Crippen LogP contribution is 2.35. The Morgan fingerprint density at radius 2 is 2.04 bits per heavy atom. The third-order valence-electron chi connectivity index (χ3n) is 3.46. The van der Waals surface area contributed by atoms with Crippen molar-refractivity contribution < 1.29 is 9.21 Å². The SMILES string of the molecule is NN/N=C(\N)Cc1cc(C(=O)c2ccco2)sc1-c1ccc(Cl)cc1. The standard InChI is InChI=1S/C17H15ClN4O2S/c18-12-5-3-10(4-6-12)17-11(9-15(19)21-22-20)8-14(25-17)16(23)13-2-1-7-24-13/h1-8,22H,9,20H2,(H2,19,21). The fourth-order valence-corrected chi connectivity index (χ4v) is 3.62. The molecule has 0 radical (unpaired) electrons. The minimum atomic E-state index is -0.177. The molecule has 0 spiro atoms. The third kappa shape index (κ3) is 3.90. The number of carbonyl (C=O) groups excluding carboxylic acids is 1. The number of carbonyl (C=O) groups is 1. The summed E-state index contributed by atoms with van der Waals surface area (Å²) < 4.78 is 5.20. The quantitative estimate of drug-likeness (QED) is 0.202. The number of hydrogen-bond acceptors (Lipinski definition) is 6. The van der Waals surface area contributed by atoms with Crippen LogP contribution in [0.3, 0.4) is 0 Å². The lowest BCUT2D eigenvalue weighted by Gasteiger charge is -2.04. The van der Waals surface area contributed by atoms with Gasteiger partial charge in [-0.1, -0.05) is 23.7 Å². The van der Waals surface area contributed by atoms with E-state index < -0.39 is 0 Å². The number of amidine groups is 1. The van der Waals surface area contributed by atoms with Crippen LogP contribution < -0.4 is 17.1 Å². The maximum Gasteiger partial charge on any atom is 0.238 e. The van der Waals surface area contributed by atoms with E-state index in [1.165, 1.54) is 17.6 Å². The summed E-state index contributed by atoms with van der Waals surface area (Å²) >= 11 is 7.33. The topological polar surface area (TPSA) is 107 Å². The number of thiophene rings is 1. The number of nitrogens with one attached hydrogen (secondary N) is 1. The number of ketones is 1. The van der Waals surface area contributed by atoms with E-state index in [2.05, 4.69) is 10.6 Å². The number of halogens is 1. The van der Waals surface area contributed by atoms with E-state index in [-0.39, 0.29) is 5.78 Å². The first kappa shape index (κ1) is 17.2.